The van der Waals surface area contributed by atoms with Crippen molar-refractivity contribution >= 4 is 23.8 Å². The van der Waals surface area contributed by atoms with E-state index in [0.717, 1.165) is 9.80 Å². The number of likely N-dealkylation sites (N-methyl/N-ethyl adjacent to an activating group) is 1. The summed E-state index contributed by atoms with van der Waals surface area (Å²) in [6, 6.07) is -2.51. The smallest absolute Gasteiger partial charge is 0.326 e. The molecule has 1 heterocycles. The summed E-state index contributed by atoms with van der Waals surface area (Å²) in [6.45, 7) is 2.55. The van der Waals surface area contributed by atoms with Gasteiger partial charge in [0.25, 0.3) is 0 Å². The number of carboxylic acids is 1. The lowest BCUT2D eigenvalue weighted by atomic mass is 10.2. The van der Waals surface area contributed by atoms with E-state index < -0.39 is 35.9 Å². The monoisotopic (exact) mass is 257 g/mol. The molecule has 18 heavy (non-hydrogen) atoms. The summed E-state index contributed by atoms with van der Waals surface area (Å²) in [6.07, 6.45) is 0. The number of imide groups is 1. The molecule has 0 spiro atoms. The van der Waals surface area contributed by atoms with E-state index in [2.05, 4.69) is 5.32 Å². The minimum Gasteiger partial charge on any atom is -0.480 e. The van der Waals surface area contributed by atoms with E-state index in [1.807, 2.05) is 0 Å². The fourth-order valence-corrected chi connectivity index (χ4v) is 1.48. The Morgan fingerprint density at radius 3 is 2.56 bits per heavy atom. The van der Waals surface area contributed by atoms with Crippen LogP contribution >= 0.6 is 0 Å². The van der Waals surface area contributed by atoms with E-state index in [4.69, 9.17) is 5.11 Å². The molecule has 4 amide bonds. The molecule has 1 saturated heterocycles. The van der Waals surface area contributed by atoms with Crippen molar-refractivity contribution in [3.8, 4) is 0 Å². The number of carboxylic acid groups (broad SMARTS) is 1. The van der Waals surface area contributed by atoms with Gasteiger partial charge in [0.2, 0.25) is 11.8 Å². The van der Waals surface area contributed by atoms with Crippen LogP contribution < -0.4 is 5.32 Å². The third-order valence-corrected chi connectivity index (χ3v) is 2.91. The fourth-order valence-electron chi connectivity index (χ4n) is 1.48. The minimum absolute atomic E-state index is 0.261. The van der Waals surface area contributed by atoms with Crippen LogP contribution in [0.1, 0.15) is 13.8 Å². The van der Waals surface area contributed by atoms with Crippen LogP contribution in [0.15, 0.2) is 0 Å². The minimum atomic E-state index is -1.16. The first-order chi connectivity index (χ1) is 8.25. The Bertz CT molecular complexity index is 408. The summed E-state index contributed by atoms with van der Waals surface area (Å²) in [5, 5.41) is 10.9. The van der Waals surface area contributed by atoms with Crippen molar-refractivity contribution in [1.29, 1.82) is 0 Å². The quantitative estimate of drug-likeness (QED) is 0.608. The van der Waals surface area contributed by atoms with Gasteiger partial charge in [0, 0.05) is 7.05 Å². The highest BCUT2D eigenvalue weighted by Crippen LogP contribution is 2.10. The zero-order chi connectivity index (χ0) is 14.0. The van der Waals surface area contributed by atoms with Crippen molar-refractivity contribution < 1.29 is 24.3 Å². The lowest BCUT2D eigenvalue weighted by Gasteiger charge is -2.35. The number of hydrogen-bond acceptors (Lipinski definition) is 4. The molecule has 0 aromatic carbocycles. The zero-order valence-corrected chi connectivity index (χ0v) is 10.3. The van der Waals surface area contributed by atoms with Gasteiger partial charge in [-0.05, 0) is 13.8 Å². The number of nitrogens with one attached hydrogen (secondary N) is 1. The normalized spacial score (nSPS) is 21.3. The van der Waals surface area contributed by atoms with Crippen molar-refractivity contribution in [1.82, 2.24) is 15.1 Å². The Morgan fingerprint density at radius 1 is 1.50 bits per heavy atom. The van der Waals surface area contributed by atoms with Crippen molar-refractivity contribution in [3.63, 3.8) is 0 Å². The molecule has 0 bridgehead atoms. The fraction of sp³-hybridized carbons (Fsp3) is 0.600. The summed E-state index contributed by atoms with van der Waals surface area (Å²) in [7, 11) is 1.31. The van der Waals surface area contributed by atoms with E-state index in [9.17, 15) is 19.2 Å². The average molecular weight is 257 g/mol. The van der Waals surface area contributed by atoms with Gasteiger partial charge in [-0.1, -0.05) is 0 Å². The zero-order valence-electron chi connectivity index (χ0n) is 10.3. The second-order valence-corrected chi connectivity index (χ2v) is 4.12. The number of carbonyl (C=O) groups excluding carboxylic acids is 3. The number of hydrogen-bond donors (Lipinski definition) is 2. The van der Waals surface area contributed by atoms with E-state index in [1.165, 1.54) is 20.9 Å². The van der Waals surface area contributed by atoms with Gasteiger partial charge in [0.15, 0.2) is 0 Å². The van der Waals surface area contributed by atoms with E-state index >= 15 is 0 Å². The molecule has 2 unspecified atom stereocenters. The Hall–Kier alpha value is -2.12. The van der Waals surface area contributed by atoms with Crippen LogP contribution in [0.5, 0.6) is 0 Å². The number of rotatable bonds is 2. The highest BCUT2D eigenvalue weighted by atomic mass is 16.4. The van der Waals surface area contributed by atoms with Gasteiger partial charge in [-0.15, -0.1) is 0 Å². The molecule has 8 nitrogen and oxygen atoms in total. The van der Waals surface area contributed by atoms with Gasteiger partial charge < -0.3 is 14.9 Å². The van der Waals surface area contributed by atoms with Crippen LogP contribution in [0.3, 0.4) is 0 Å². The second kappa shape index (κ2) is 5.03. The average Bonchev–Trinajstić information content (AvgIpc) is 2.30. The van der Waals surface area contributed by atoms with Crippen LogP contribution in [0.2, 0.25) is 0 Å². The van der Waals surface area contributed by atoms with Crippen molar-refractivity contribution in [2.45, 2.75) is 25.9 Å². The van der Waals surface area contributed by atoms with Crippen LogP contribution in [0, 0.1) is 0 Å². The number of nitrogens with zero attached hydrogens (tertiary/aromatic N) is 2. The van der Waals surface area contributed by atoms with Crippen molar-refractivity contribution in [3.05, 3.63) is 0 Å². The molecule has 0 saturated carbocycles. The molecule has 1 aliphatic rings. The number of aliphatic carboxylic acids is 1. The van der Waals surface area contributed by atoms with Crippen LogP contribution in [-0.4, -0.2) is 64.4 Å². The standard InChI is InChI=1S/C10H15N3O5/c1-5-8(15)11-7(14)4-13(5)10(18)12(3)6(2)9(16)17/h5-6H,4H2,1-3H3,(H,16,17)(H,11,14,15). The summed E-state index contributed by atoms with van der Waals surface area (Å²) < 4.78 is 0. The molecule has 1 aliphatic heterocycles. The lowest BCUT2D eigenvalue weighted by Crippen LogP contribution is -2.61. The number of amides is 4. The molecule has 0 aromatic rings. The Labute approximate surface area is 104 Å². The highest BCUT2D eigenvalue weighted by Gasteiger charge is 2.36. The molecular weight excluding hydrogens is 242 g/mol. The van der Waals surface area contributed by atoms with Gasteiger partial charge in [-0.25, -0.2) is 9.59 Å². The summed E-state index contributed by atoms with van der Waals surface area (Å²) >= 11 is 0. The topological polar surface area (TPSA) is 107 Å². The Balaban J connectivity index is 2.85. The van der Waals surface area contributed by atoms with Crippen LogP contribution in [0.25, 0.3) is 0 Å². The van der Waals surface area contributed by atoms with Gasteiger partial charge in [-0.3, -0.25) is 14.9 Å². The predicted octanol–water partition coefficient (Wildman–Crippen LogP) is -1.14. The third-order valence-electron chi connectivity index (χ3n) is 2.91. The Morgan fingerprint density at radius 2 is 2.06 bits per heavy atom. The molecule has 0 aromatic heterocycles. The van der Waals surface area contributed by atoms with Crippen LogP contribution in [0.4, 0.5) is 4.79 Å². The Kier molecular flexibility index (Phi) is 3.89. The van der Waals surface area contributed by atoms with Crippen LogP contribution in [-0.2, 0) is 14.4 Å². The molecule has 0 radical (unpaired) electrons. The molecule has 100 valence electrons. The lowest BCUT2D eigenvalue weighted by molar-refractivity contribution is -0.141. The largest absolute Gasteiger partial charge is 0.480 e. The van der Waals surface area contributed by atoms with Gasteiger partial charge >= 0.3 is 12.0 Å². The number of piperazine rings is 1. The molecule has 2 atom stereocenters. The van der Waals surface area contributed by atoms with Crippen molar-refractivity contribution in [2.24, 2.45) is 0 Å². The predicted molar refractivity (Wildman–Crippen MR) is 59.6 cm³/mol. The molecule has 8 heteroatoms. The van der Waals surface area contributed by atoms with Gasteiger partial charge in [-0.2, -0.15) is 0 Å². The molecule has 2 N–H and O–H groups in total. The van der Waals surface area contributed by atoms with E-state index in [1.54, 1.807) is 0 Å². The SMILES string of the molecule is CC(C(=O)O)N(C)C(=O)N1CC(=O)NC(=O)C1C. The number of carbonyl (C=O) groups is 4. The first-order valence-electron chi connectivity index (χ1n) is 5.35. The number of urea groups is 1. The van der Waals surface area contributed by atoms with E-state index in [0.29, 0.717) is 0 Å². The summed E-state index contributed by atoms with van der Waals surface area (Å²) in [5.41, 5.74) is 0. The first-order valence-corrected chi connectivity index (χ1v) is 5.35. The maximum absolute atomic E-state index is 12.0. The summed E-state index contributed by atoms with van der Waals surface area (Å²) in [5.74, 6) is -2.31. The highest BCUT2D eigenvalue weighted by molar-refractivity contribution is 6.04. The van der Waals surface area contributed by atoms with Crippen molar-refractivity contribution in [2.75, 3.05) is 13.6 Å². The first kappa shape index (κ1) is 13.9. The maximum atomic E-state index is 12.0. The molecule has 0 aliphatic carbocycles. The second-order valence-electron chi connectivity index (χ2n) is 4.12. The van der Waals surface area contributed by atoms with E-state index in [-0.39, 0.29) is 6.54 Å². The molecular formula is C10H15N3O5. The van der Waals surface area contributed by atoms with Gasteiger partial charge in [0.05, 0.1) is 0 Å². The maximum Gasteiger partial charge on any atom is 0.326 e. The third kappa shape index (κ3) is 2.58. The molecule has 1 fully saturated rings. The molecule has 1 rings (SSSR count). The summed E-state index contributed by atoms with van der Waals surface area (Å²) in [4.78, 5) is 47.4. The van der Waals surface area contributed by atoms with Gasteiger partial charge in [0.1, 0.15) is 18.6 Å².